The zero-order valence-electron chi connectivity index (χ0n) is 14.0. The van der Waals surface area contributed by atoms with E-state index in [4.69, 9.17) is 11.6 Å². The molecule has 4 heterocycles. The minimum absolute atomic E-state index is 0.253. The maximum atomic E-state index is 13.3. The second-order valence-electron chi connectivity index (χ2n) is 5.88. The lowest BCUT2D eigenvalue weighted by molar-refractivity contribution is 0.895. The number of fused-ring (bicyclic) bond motifs is 2. The molecule has 0 unspecified atom stereocenters. The number of pyridine rings is 1. The topological polar surface area (TPSA) is 107 Å². The number of rotatable bonds is 2. The number of H-pyrrole nitrogens is 1. The van der Waals surface area contributed by atoms with Crippen LogP contribution >= 0.6 is 11.6 Å². The number of halogens is 1. The Bertz CT molecular complexity index is 1380. The SMILES string of the molecule is Cc1nc(-n2ccc3nc4ncnn4c(-c4ccccc4Cl)c3c2=O)n[nH]1. The maximum Gasteiger partial charge on any atom is 0.269 e. The summed E-state index contributed by atoms with van der Waals surface area (Å²) in [7, 11) is 0. The van der Waals surface area contributed by atoms with Crippen molar-refractivity contribution in [3.8, 4) is 17.2 Å². The molecule has 5 rings (SSSR count). The molecule has 9 nitrogen and oxygen atoms in total. The third-order valence-electron chi connectivity index (χ3n) is 4.20. The summed E-state index contributed by atoms with van der Waals surface area (Å²) in [6.07, 6.45) is 2.97. The molecule has 0 aliphatic heterocycles. The average molecular weight is 379 g/mol. The zero-order chi connectivity index (χ0) is 18.5. The number of aromatic amines is 1. The van der Waals surface area contributed by atoms with Gasteiger partial charge in [0.2, 0.25) is 0 Å². The van der Waals surface area contributed by atoms with Gasteiger partial charge in [-0.2, -0.15) is 19.6 Å². The van der Waals surface area contributed by atoms with Crippen LogP contribution in [0, 0.1) is 6.92 Å². The fourth-order valence-corrected chi connectivity index (χ4v) is 3.25. The first kappa shape index (κ1) is 15.6. The van der Waals surface area contributed by atoms with Crippen molar-refractivity contribution in [2.24, 2.45) is 0 Å². The van der Waals surface area contributed by atoms with E-state index in [9.17, 15) is 4.79 Å². The summed E-state index contributed by atoms with van der Waals surface area (Å²) >= 11 is 6.42. The minimum Gasteiger partial charge on any atom is -0.268 e. The molecular formula is C17H11ClN8O. The van der Waals surface area contributed by atoms with Crippen molar-refractivity contribution in [2.45, 2.75) is 6.92 Å². The van der Waals surface area contributed by atoms with Gasteiger partial charge in [0.05, 0.1) is 16.6 Å². The summed E-state index contributed by atoms with van der Waals surface area (Å²) in [5.41, 5.74) is 1.33. The molecule has 0 radical (unpaired) electrons. The van der Waals surface area contributed by atoms with Gasteiger partial charge >= 0.3 is 0 Å². The summed E-state index contributed by atoms with van der Waals surface area (Å²) < 4.78 is 2.87. The van der Waals surface area contributed by atoms with Crippen LogP contribution in [-0.2, 0) is 0 Å². The van der Waals surface area contributed by atoms with Gasteiger partial charge in [0, 0.05) is 16.8 Å². The number of hydrogen-bond donors (Lipinski definition) is 1. The molecule has 27 heavy (non-hydrogen) atoms. The molecule has 0 aliphatic carbocycles. The smallest absolute Gasteiger partial charge is 0.268 e. The summed E-state index contributed by atoms with van der Waals surface area (Å²) in [5.74, 6) is 1.24. The average Bonchev–Trinajstić information content (AvgIpc) is 3.30. The number of aryl methyl sites for hydroxylation is 1. The standard InChI is InChI=1S/C17H11ClN8O/c1-9-21-17(24-23-9)25-7-6-12-13(15(25)27)14(10-4-2-3-5-11(10)18)26-16(22-12)19-8-20-26/h2-8H,1H3,(H,21,23,24). The first-order valence-corrected chi connectivity index (χ1v) is 8.40. The van der Waals surface area contributed by atoms with Crippen molar-refractivity contribution in [1.82, 2.24) is 39.3 Å². The van der Waals surface area contributed by atoms with Crippen LogP contribution in [0.2, 0.25) is 5.02 Å². The van der Waals surface area contributed by atoms with E-state index in [2.05, 4.69) is 30.2 Å². The Morgan fingerprint density at radius 1 is 1.15 bits per heavy atom. The predicted octanol–water partition coefficient (Wildman–Crippen LogP) is 2.18. The molecule has 0 saturated carbocycles. The van der Waals surface area contributed by atoms with E-state index in [0.717, 1.165) is 0 Å². The van der Waals surface area contributed by atoms with Crippen LogP contribution in [-0.4, -0.2) is 39.3 Å². The van der Waals surface area contributed by atoms with Crippen molar-refractivity contribution in [2.75, 3.05) is 0 Å². The summed E-state index contributed by atoms with van der Waals surface area (Å²) in [6, 6.07) is 8.97. The number of benzene rings is 1. The van der Waals surface area contributed by atoms with Crippen molar-refractivity contribution >= 4 is 28.3 Å². The Morgan fingerprint density at radius 3 is 2.78 bits per heavy atom. The third-order valence-corrected chi connectivity index (χ3v) is 4.53. The van der Waals surface area contributed by atoms with Gasteiger partial charge in [-0.05, 0) is 19.1 Å². The quantitative estimate of drug-likeness (QED) is 0.504. The summed E-state index contributed by atoms with van der Waals surface area (Å²) in [4.78, 5) is 26.2. The van der Waals surface area contributed by atoms with E-state index >= 15 is 0 Å². The van der Waals surface area contributed by atoms with Crippen LogP contribution in [0.1, 0.15) is 5.82 Å². The second-order valence-corrected chi connectivity index (χ2v) is 6.29. The minimum atomic E-state index is -0.327. The highest BCUT2D eigenvalue weighted by molar-refractivity contribution is 6.33. The van der Waals surface area contributed by atoms with E-state index < -0.39 is 0 Å². The van der Waals surface area contributed by atoms with Gasteiger partial charge in [-0.25, -0.2) is 9.55 Å². The number of hydrogen-bond acceptors (Lipinski definition) is 6. The molecule has 0 aliphatic rings. The fraction of sp³-hybridized carbons (Fsp3) is 0.0588. The first-order chi connectivity index (χ1) is 13.1. The van der Waals surface area contributed by atoms with Gasteiger partial charge in [0.25, 0.3) is 17.3 Å². The Morgan fingerprint density at radius 2 is 2.00 bits per heavy atom. The highest BCUT2D eigenvalue weighted by atomic mass is 35.5. The van der Waals surface area contributed by atoms with Gasteiger partial charge in [-0.15, -0.1) is 5.10 Å². The van der Waals surface area contributed by atoms with Gasteiger partial charge in [-0.3, -0.25) is 9.89 Å². The van der Waals surface area contributed by atoms with Gasteiger partial charge in [0.1, 0.15) is 12.2 Å². The molecule has 0 bridgehead atoms. The third kappa shape index (κ3) is 2.32. The molecule has 132 valence electrons. The number of nitrogens with one attached hydrogen (secondary N) is 1. The van der Waals surface area contributed by atoms with Crippen molar-refractivity contribution in [3.63, 3.8) is 0 Å². The number of aromatic nitrogens is 8. The molecule has 10 heteroatoms. The molecular weight excluding hydrogens is 368 g/mol. The van der Waals surface area contributed by atoms with Crippen molar-refractivity contribution < 1.29 is 0 Å². The second kappa shape index (κ2) is 5.71. The lowest BCUT2D eigenvalue weighted by atomic mass is 10.1. The summed E-state index contributed by atoms with van der Waals surface area (Å²) in [5, 5.41) is 11.9. The molecule has 4 aromatic heterocycles. The Labute approximate surface area is 156 Å². The highest BCUT2D eigenvalue weighted by Crippen LogP contribution is 2.31. The molecule has 5 aromatic rings. The van der Waals surface area contributed by atoms with E-state index in [1.54, 1.807) is 25.3 Å². The molecule has 0 saturated heterocycles. The van der Waals surface area contributed by atoms with Crippen molar-refractivity contribution in [3.05, 3.63) is 64.1 Å². The van der Waals surface area contributed by atoms with E-state index in [1.807, 2.05) is 18.2 Å². The van der Waals surface area contributed by atoms with Gasteiger partial charge in [0.15, 0.2) is 0 Å². The lowest BCUT2D eigenvalue weighted by Gasteiger charge is -2.11. The summed E-state index contributed by atoms with van der Waals surface area (Å²) in [6.45, 7) is 1.76. The van der Waals surface area contributed by atoms with Crippen LogP contribution < -0.4 is 5.56 Å². The molecule has 0 amide bonds. The lowest BCUT2D eigenvalue weighted by Crippen LogP contribution is -2.21. The highest BCUT2D eigenvalue weighted by Gasteiger charge is 2.19. The largest absolute Gasteiger partial charge is 0.269 e. The molecule has 1 aromatic carbocycles. The van der Waals surface area contributed by atoms with Crippen molar-refractivity contribution in [1.29, 1.82) is 0 Å². The monoisotopic (exact) mass is 378 g/mol. The predicted molar refractivity (Wildman–Crippen MR) is 99.0 cm³/mol. The Kier molecular flexibility index (Phi) is 3.31. The van der Waals surface area contributed by atoms with E-state index in [-0.39, 0.29) is 11.5 Å². The Hall–Kier alpha value is -3.59. The number of nitrogens with zero attached hydrogens (tertiary/aromatic N) is 7. The van der Waals surface area contributed by atoms with Crippen LogP contribution in [0.25, 0.3) is 33.9 Å². The molecule has 1 N–H and O–H groups in total. The molecule has 0 fully saturated rings. The van der Waals surface area contributed by atoms with Gasteiger partial charge < -0.3 is 0 Å². The normalized spacial score (nSPS) is 11.5. The molecule has 0 spiro atoms. The maximum absolute atomic E-state index is 13.3. The van der Waals surface area contributed by atoms with Crippen LogP contribution in [0.3, 0.4) is 0 Å². The van der Waals surface area contributed by atoms with Crippen LogP contribution in [0.15, 0.2) is 47.7 Å². The molecule has 0 atom stereocenters. The Balaban J connectivity index is 1.97. The fourth-order valence-electron chi connectivity index (χ4n) is 3.02. The van der Waals surface area contributed by atoms with Gasteiger partial charge in [-0.1, -0.05) is 29.8 Å². The van der Waals surface area contributed by atoms with Crippen LogP contribution in [0.5, 0.6) is 0 Å². The first-order valence-electron chi connectivity index (χ1n) is 8.03. The van der Waals surface area contributed by atoms with E-state index in [0.29, 0.717) is 38.8 Å². The van der Waals surface area contributed by atoms with Crippen LogP contribution in [0.4, 0.5) is 0 Å². The zero-order valence-corrected chi connectivity index (χ0v) is 14.7. The van der Waals surface area contributed by atoms with E-state index in [1.165, 1.54) is 15.4 Å².